The second-order valence-corrected chi connectivity index (χ2v) is 10.5. The molecule has 0 spiro atoms. The van der Waals surface area contributed by atoms with Gasteiger partial charge in [0.1, 0.15) is 0 Å². The van der Waals surface area contributed by atoms with Crippen molar-refractivity contribution in [3.05, 3.63) is 0 Å². The van der Waals surface area contributed by atoms with Gasteiger partial charge in [0.25, 0.3) is 0 Å². The number of hydrogen-bond acceptors (Lipinski definition) is 2. The Labute approximate surface area is 191 Å². The molecule has 0 saturated heterocycles. The van der Waals surface area contributed by atoms with Crippen molar-refractivity contribution in [3.63, 3.8) is 0 Å². The Morgan fingerprint density at radius 3 is 2.03 bits per heavy atom. The summed E-state index contributed by atoms with van der Waals surface area (Å²) in [6.07, 6.45) is 18.6. The van der Waals surface area contributed by atoms with Crippen LogP contribution in [0.4, 0.5) is 0 Å². The Bertz CT molecular complexity index is 501. The van der Waals surface area contributed by atoms with Crippen LogP contribution in [0.15, 0.2) is 0 Å². The first-order valence-corrected chi connectivity index (χ1v) is 13.3. The van der Waals surface area contributed by atoms with Gasteiger partial charge >= 0.3 is 11.9 Å². The Kier molecular flexibility index (Phi) is 14.2. The summed E-state index contributed by atoms with van der Waals surface area (Å²) in [5.74, 6) is -1.52. The van der Waals surface area contributed by atoms with Gasteiger partial charge in [-0.1, -0.05) is 111 Å². The van der Waals surface area contributed by atoms with Gasteiger partial charge in [0, 0.05) is 0 Å². The first-order chi connectivity index (χ1) is 14.8. The van der Waals surface area contributed by atoms with E-state index in [0.29, 0.717) is 19.3 Å². The van der Waals surface area contributed by atoms with E-state index < -0.39 is 23.3 Å². The summed E-state index contributed by atoms with van der Waals surface area (Å²) >= 11 is 0. The molecule has 1 rings (SSSR count). The summed E-state index contributed by atoms with van der Waals surface area (Å²) < 4.78 is 0. The number of carboxylic acid groups (broad SMARTS) is 2. The summed E-state index contributed by atoms with van der Waals surface area (Å²) in [5, 5.41) is 20.1. The van der Waals surface area contributed by atoms with Crippen molar-refractivity contribution in [2.24, 2.45) is 23.2 Å². The zero-order valence-electron chi connectivity index (χ0n) is 20.7. The van der Waals surface area contributed by atoms with Crippen molar-refractivity contribution in [2.75, 3.05) is 0 Å². The highest BCUT2D eigenvalue weighted by Crippen LogP contribution is 2.50. The van der Waals surface area contributed by atoms with Crippen LogP contribution in [-0.2, 0) is 9.59 Å². The maximum Gasteiger partial charge on any atom is 0.309 e. The Morgan fingerprint density at radius 2 is 1.45 bits per heavy atom. The quantitative estimate of drug-likeness (QED) is 0.212. The SMILES string of the molecule is CCCCCCCCCCC1C(C(=O)O)CCCC1(CCCCCCC(C)C)C(=O)O. The molecule has 0 aromatic rings. The number of hydrogen-bond donors (Lipinski definition) is 2. The summed E-state index contributed by atoms with van der Waals surface area (Å²) in [7, 11) is 0. The van der Waals surface area contributed by atoms with Crippen LogP contribution in [0.2, 0.25) is 0 Å². The molecule has 3 unspecified atom stereocenters. The van der Waals surface area contributed by atoms with Gasteiger partial charge < -0.3 is 10.2 Å². The molecule has 4 nitrogen and oxygen atoms in total. The largest absolute Gasteiger partial charge is 0.481 e. The highest BCUT2D eigenvalue weighted by atomic mass is 16.4. The van der Waals surface area contributed by atoms with Crippen LogP contribution in [0, 0.1) is 23.2 Å². The summed E-state index contributed by atoms with van der Waals surface area (Å²) in [6.45, 7) is 6.70. The van der Waals surface area contributed by atoms with Crippen LogP contribution in [0.5, 0.6) is 0 Å². The molecule has 31 heavy (non-hydrogen) atoms. The van der Waals surface area contributed by atoms with E-state index in [9.17, 15) is 19.8 Å². The summed E-state index contributed by atoms with van der Waals surface area (Å²) in [4.78, 5) is 24.5. The minimum absolute atomic E-state index is 0.216. The van der Waals surface area contributed by atoms with E-state index in [1.807, 2.05) is 0 Å². The van der Waals surface area contributed by atoms with Crippen molar-refractivity contribution in [2.45, 2.75) is 136 Å². The number of unbranched alkanes of at least 4 members (excludes halogenated alkanes) is 10. The summed E-state index contributed by atoms with van der Waals surface area (Å²) in [6, 6.07) is 0. The van der Waals surface area contributed by atoms with Gasteiger partial charge in [-0.3, -0.25) is 9.59 Å². The van der Waals surface area contributed by atoms with E-state index in [1.165, 1.54) is 51.4 Å². The van der Waals surface area contributed by atoms with E-state index in [-0.39, 0.29) is 5.92 Å². The second kappa shape index (κ2) is 15.7. The molecule has 1 aliphatic rings. The van der Waals surface area contributed by atoms with E-state index in [0.717, 1.165) is 50.9 Å². The minimum atomic E-state index is -0.833. The van der Waals surface area contributed by atoms with Gasteiger partial charge in [-0.2, -0.15) is 0 Å². The van der Waals surface area contributed by atoms with Gasteiger partial charge in [-0.15, -0.1) is 0 Å². The van der Waals surface area contributed by atoms with Gasteiger partial charge in [0.05, 0.1) is 11.3 Å². The number of rotatable bonds is 18. The molecule has 1 saturated carbocycles. The monoisotopic (exact) mass is 438 g/mol. The molecule has 1 aliphatic carbocycles. The maximum absolute atomic E-state index is 12.5. The van der Waals surface area contributed by atoms with E-state index in [1.54, 1.807) is 0 Å². The Morgan fingerprint density at radius 1 is 0.871 bits per heavy atom. The topological polar surface area (TPSA) is 74.6 Å². The lowest BCUT2D eigenvalue weighted by Gasteiger charge is -2.44. The molecule has 0 heterocycles. The van der Waals surface area contributed by atoms with Crippen molar-refractivity contribution < 1.29 is 19.8 Å². The highest BCUT2D eigenvalue weighted by Gasteiger charge is 2.52. The fourth-order valence-electron chi connectivity index (χ4n) is 5.71. The van der Waals surface area contributed by atoms with Crippen molar-refractivity contribution in [1.82, 2.24) is 0 Å². The Hall–Kier alpha value is -1.06. The molecule has 4 heteroatoms. The molecule has 0 radical (unpaired) electrons. The highest BCUT2D eigenvalue weighted by molar-refractivity contribution is 5.78. The zero-order valence-corrected chi connectivity index (χ0v) is 20.7. The maximum atomic E-state index is 12.5. The fourth-order valence-corrected chi connectivity index (χ4v) is 5.71. The molecular formula is C27H50O4. The van der Waals surface area contributed by atoms with Gasteiger partial charge in [-0.25, -0.2) is 0 Å². The molecule has 0 amide bonds. The van der Waals surface area contributed by atoms with Crippen molar-refractivity contribution in [1.29, 1.82) is 0 Å². The summed E-state index contributed by atoms with van der Waals surface area (Å²) in [5.41, 5.74) is -0.833. The fraction of sp³-hybridized carbons (Fsp3) is 0.926. The zero-order chi connectivity index (χ0) is 23.1. The molecular weight excluding hydrogens is 388 g/mol. The number of aliphatic carboxylic acids is 2. The van der Waals surface area contributed by atoms with Gasteiger partial charge in [0.15, 0.2) is 0 Å². The third-order valence-electron chi connectivity index (χ3n) is 7.60. The smallest absolute Gasteiger partial charge is 0.309 e. The molecule has 182 valence electrons. The molecule has 0 aromatic heterocycles. The standard InChI is InChI=1S/C27H50O4/c1-4-5-6-7-8-9-10-14-19-24-23(25(28)29)18-16-21-27(24,26(30)31)20-15-12-11-13-17-22(2)3/h22-24H,4-21H2,1-3H3,(H,28,29)(H,30,31). The van der Waals surface area contributed by atoms with Gasteiger partial charge in [-0.05, 0) is 37.5 Å². The third kappa shape index (κ3) is 9.95. The lowest BCUT2D eigenvalue weighted by molar-refractivity contribution is -0.164. The molecule has 0 aliphatic heterocycles. The number of carbonyl (C=O) groups is 2. The van der Waals surface area contributed by atoms with Crippen LogP contribution in [0.1, 0.15) is 136 Å². The van der Waals surface area contributed by atoms with Gasteiger partial charge in [0.2, 0.25) is 0 Å². The van der Waals surface area contributed by atoms with Crippen LogP contribution >= 0.6 is 0 Å². The van der Waals surface area contributed by atoms with Crippen LogP contribution in [-0.4, -0.2) is 22.2 Å². The lowest BCUT2D eigenvalue weighted by Crippen LogP contribution is -2.47. The van der Waals surface area contributed by atoms with Crippen LogP contribution in [0.25, 0.3) is 0 Å². The van der Waals surface area contributed by atoms with Crippen molar-refractivity contribution in [3.8, 4) is 0 Å². The molecule has 0 bridgehead atoms. The average molecular weight is 439 g/mol. The molecule has 2 N–H and O–H groups in total. The predicted molar refractivity (Wildman–Crippen MR) is 128 cm³/mol. The minimum Gasteiger partial charge on any atom is -0.481 e. The van der Waals surface area contributed by atoms with E-state index in [4.69, 9.17) is 0 Å². The normalized spacial score (nSPS) is 23.9. The van der Waals surface area contributed by atoms with Crippen LogP contribution in [0.3, 0.4) is 0 Å². The third-order valence-corrected chi connectivity index (χ3v) is 7.60. The van der Waals surface area contributed by atoms with E-state index in [2.05, 4.69) is 20.8 Å². The van der Waals surface area contributed by atoms with Crippen LogP contribution < -0.4 is 0 Å². The first kappa shape index (κ1) is 28.0. The average Bonchev–Trinajstić information content (AvgIpc) is 2.72. The lowest BCUT2D eigenvalue weighted by atomic mass is 9.58. The first-order valence-electron chi connectivity index (χ1n) is 13.3. The van der Waals surface area contributed by atoms with E-state index >= 15 is 0 Å². The predicted octanol–water partition coefficient (Wildman–Crippen LogP) is 8.09. The number of carboxylic acids is 2. The van der Waals surface area contributed by atoms with Crippen molar-refractivity contribution >= 4 is 11.9 Å². The molecule has 3 atom stereocenters. The Balaban J connectivity index is 2.64. The molecule has 0 aromatic carbocycles. The second-order valence-electron chi connectivity index (χ2n) is 10.5. The molecule has 1 fully saturated rings.